The van der Waals surface area contributed by atoms with E-state index in [4.69, 9.17) is 11.6 Å². The Hall–Kier alpha value is -1.48. The number of hydrogen-bond donors (Lipinski definition) is 1. The summed E-state index contributed by atoms with van der Waals surface area (Å²) in [5.74, 6) is 0.0664. The number of rotatable bonds is 9. The molecule has 1 aromatic heterocycles. The van der Waals surface area contributed by atoms with E-state index in [-0.39, 0.29) is 23.1 Å². The highest BCUT2D eigenvalue weighted by atomic mass is 35.5. The summed E-state index contributed by atoms with van der Waals surface area (Å²) in [7, 11) is -7.40. The van der Waals surface area contributed by atoms with Gasteiger partial charge in [0.25, 0.3) is 0 Å². The number of sulfone groups is 1. The maximum absolute atomic E-state index is 13.0. The van der Waals surface area contributed by atoms with Crippen molar-refractivity contribution in [2.75, 3.05) is 18.2 Å². The van der Waals surface area contributed by atoms with Crippen LogP contribution in [-0.4, -0.2) is 40.0 Å². The molecule has 1 aromatic carbocycles. The molecule has 1 atom stereocenters. The highest BCUT2D eigenvalue weighted by Crippen LogP contribution is 2.28. The summed E-state index contributed by atoms with van der Waals surface area (Å²) < 4.78 is 52.4. The molecule has 1 heterocycles. The van der Waals surface area contributed by atoms with Gasteiger partial charge in [-0.2, -0.15) is 0 Å². The third-order valence-electron chi connectivity index (χ3n) is 3.54. The molecule has 0 fully saturated rings. The molecule has 0 spiro atoms. The molecule has 2 rings (SSSR count). The van der Waals surface area contributed by atoms with Gasteiger partial charge >= 0.3 is 0 Å². The molecule has 6 nitrogen and oxygen atoms in total. The van der Waals surface area contributed by atoms with E-state index >= 15 is 0 Å². The standard InChI is InChI=1S/C16H19ClN2O4S2/c17-9-5-11-24(20,21)19-13-16(14-6-4-10-18-12-14)25(22,23)15-7-2-1-3-8-15/h1-4,6-8,10,12,16,19H,5,9,11,13H2/t16-/m1/s1. The third kappa shape index (κ3) is 5.50. The largest absolute Gasteiger partial charge is 0.264 e. The van der Waals surface area contributed by atoms with Crippen LogP contribution < -0.4 is 4.72 Å². The van der Waals surface area contributed by atoms with Gasteiger partial charge in [-0.05, 0) is 30.2 Å². The Labute approximate surface area is 153 Å². The zero-order valence-corrected chi connectivity index (χ0v) is 15.8. The molecule has 0 radical (unpaired) electrons. The summed E-state index contributed by atoms with van der Waals surface area (Å²) in [6, 6.07) is 11.2. The molecule has 0 aliphatic heterocycles. The molecule has 0 saturated carbocycles. The van der Waals surface area contributed by atoms with Crippen LogP contribution >= 0.6 is 11.6 Å². The monoisotopic (exact) mass is 402 g/mol. The predicted molar refractivity (Wildman–Crippen MR) is 97.7 cm³/mol. The normalized spacial score (nSPS) is 13.5. The second-order valence-electron chi connectivity index (χ2n) is 5.34. The van der Waals surface area contributed by atoms with E-state index in [1.54, 1.807) is 30.3 Å². The molecule has 0 bridgehead atoms. The average molecular weight is 403 g/mol. The van der Waals surface area contributed by atoms with Crippen molar-refractivity contribution in [2.24, 2.45) is 0 Å². The number of nitrogens with zero attached hydrogens (tertiary/aromatic N) is 1. The van der Waals surface area contributed by atoms with E-state index < -0.39 is 25.1 Å². The fourth-order valence-corrected chi connectivity index (χ4v) is 5.42. The first-order valence-corrected chi connectivity index (χ1v) is 11.3. The van der Waals surface area contributed by atoms with Crippen molar-refractivity contribution in [1.82, 2.24) is 9.71 Å². The Kier molecular flexibility index (Phi) is 6.95. The van der Waals surface area contributed by atoms with Gasteiger partial charge in [0.05, 0.1) is 10.6 Å². The van der Waals surface area contributed by atoms with Crippen molar-refractivity contribution in [2.45, 2.75) is 16.6 Å². The van der Waals surface area contributed by atoms with Crippen molar-refractivity contribution in [3.63, 3.8) is 0 Å². The number of benzene rings is 1. The van der Waals surface area contributed by atoms with Crippen LogP contribution in [0.4, 0.5) is 0 Å². The van der Waals surface area contributed by atoms with Crippen LogP contribution in [0.25, 0.3) is 0 Å². The number of alkyl halides is 1. The van der Waals surface area contributed by atoms with E-state index in [9.17, 15) is 16.8 Å². The van der Waals surface area contributed by atoms with Gasteiger partial charge in [0.1, 0.15) is 5.25 Å². The number of halogens is 1. The first-order valence-electron chi connectivity index (χ1n) is 7.59. The molecule has 0 saturated heterocycles. The van der Waals surface area contributed by atoms with E-state index in [2.05, 4.69) is 9.71 Å². The molecule has 9 heteroatoms. The Balaban J connectivity index is 2.32. The number of pyridine rings is 1. The SMILES string of the molecule is O=S(=O)(CCCCl)NC[C@H](c1cccnc1)S(=O)(=O)c1ccccc1. The van der Waals surface area contributed by atoms with E-state index in [0.29, 0.717) is 12.0 Å². The predicted octanol–water partition coefficient (Wildman–Crippen LogP) is 2.14. The van der Waals surface area contributed by atoms with E-state index in [0.717, 1.165) is 0 Å². The fourth-order valence-electron chi connectivity index (χ4n) is 2.27. The van der Waals surface area contributed by atoms with Gasteiger partial charge in [-0.3, -0.25) is 4.98 Å². The van der Waals surface area contributed by atoms with E-state index in [1.807, 2.05) is 0 Å². The van der Waals surface area contributed by atoms with Crippen LogP contribution in [0.15, 0.2) is 59.8 Å². The van der Waals surface area contributed by atoms with E-state index in [1.165, 1.54) is 24.5 Å². The minimum Gasteiger partial charge on any atom is -0.264 e. The molecule has 0 unspecified atom stereocenters. The number of hydrogen-bond acceptors (Lipinski definition) is 5. The maximum Gasteiger partial charge on any atom is 0.211 e. The highest BCUT2D eigenvalue weighted by molar-refractivity contribution is 7.92. The van der Waals surface area contributed by atoms with Gasteiger partial charge < -0.3 is 0 Å². The molecular formula is C16H19ClN2O4S2. The van der Waals surface area contributed by atoms with Crippen molar-refractivity contribution >= 4 is 31.5 Å². The van der Waals surface area contributed by atoms with Crippen LogP contribution in [0.3, 0.4) is 0 Å². The Morgan fingerprint density at radius 3 is 2.36 bits per heavy atom. The lowest BCUT2D eigenvalue weighted by Gasteiger charge is -2.18. The van der Waals surface area contributed by atoms with Crippen LogP contribution in [-0.2, 0) is 19.9 Å². The molecular weight excluding hydrogens is 384 g/mol. The number of nitrogens with one attached hydrogen (secondary N) is 1. The van der Waals surface area contributed by atoms with Crippen molar-refractivity contribution < 1.29 is 16.8 Å². The highest BCUT2D eigenvalue weighted by Gasteiger charge is 2.30. The number of aromatic nitrogens is 1. The first kappa shape index (κ1) is 19.8. The maximum atomic E-state index is 13.0. The lowest BCUT2D eigenvalue weighted by Crippen LogP contribution is -2.33. The second-order valence-corrected chi connectivity index (χ2v) is 9.78. The smallest absolute Gasteiger partial charge is 0.211 e. The number of sulfonamides is 1. The molecule has 136 valence electrons. The van der Waals surface area contributed by atoms with Crippen molar-refractivity contribution in [1.29, 1.82) is 0 Å². The molecule has 1 N–H and O–H groups in total. The Morgan fingerprint density at radius 2 is 1.76 bits per heavy atom. The quantitative estimate of drug-likeness (QED) is 0.648. The minimum atomic E-state index is -3.79. The van der Waals surface area contributed by atoms with Crippen LogP contribution in [0.1, 0.15) is 17.2 Å². The van der Waals surface area contributed by atoms with Gasteiger partial charge in [0, 0.05) is 24.8 Å². The second kappa shape index (κ2) is 8.75. The van der Waals surface area contributed by atoms with Crippen molar-refractivity contribution in [3.8, 4) is 0 Å². The van der Waals surface area contributed by atoms with Crippen molar-refractivity contribution in [3.05, 3.63) is 60.4 Å². The minimum absolute atomic E-state index is 0.129. The molecule has 25 heavy (non-hydrogen) atoms. The van der Waals surface area contributed by atoms with Gasteiger partial charge in [-0.25, -0.2) is 21.6 Å². The van der Waals surface area contributed by atoms with Gasteiger partial charge in [0.2, 0.25) is 10.0 Å². The summed E-state index contributed by atoms with van der Waals surface area (Å²) in [5, 5.41) is -1.07. The Bertz CT molecular complexity index is 873. The lowest BCUT2D eigenvalue weighted by atomic mass is 10.2. The lowest BCUT2D eigenvalue weighted by molar-refractivity contribution is 0.568. The zero-order valence-electron chi connectivity index (χ0n) is 13.4. The van der Waals surface area contributed by atoms with Crippen LogP contribution in [0, 0.1) is 0 Å². The van der Waals surface area contributed by atoms with Gasteiger partial charge in [-0.15, -0.1) is 11.6 Å². The molecule has 2 aromatic rings. The fraction of sp³-hybridized carbons (Fsp3) is 0.312. The van der Waals surface area contributed by atoms with Crippen LogP contribution in [0.5, 0.6) is 0 Å². The summed E-state index contributed by atoms with van der Waals surface area (Å²) in [4.78, 5) is 4.08. The Morgan fingerprint density at radius 1 is 1.04 bits per heavy atom. The molecule has 0 aliphatic carbocycles. The summed E-state index contributed by atoms with van der Waals surface area (Å²) in [6.45, 7) is -0.270. The topological polar surface area (TPSA) is 93.2 Å². The van der Waals surface area contributed by atoms with Gasteiger partial charge in [-0.1, -0.05) is 24.3 Å². The first-order chi connectivity index (χ1) is 11.9. The summed E-state index contributed by atoms with van der Waals surface area (Å²) in [5.41, 5.74) is 0.423. The van der Waals surface area contributed by atoms with Crippen LogP contribution in [0.2, 0.25) is 0 Å². The summed E-state index contributed by atoms with van der Waals surface area (Å²) >= 11 is 5.52. The average Bonchev–Trinajstić information content (AvgIpc) is 2.61. The summed E-state index contributed by atoms with van der Waals surface area (Å²) in [6.07, 6.45) is 3.25. The molecule has 0 aliphatic rings. The van der Waals surface area contributed by atoms with Gasteiger partial charge in [0.15, 0.2) is 9.84 Å². The third-order valence-corrected chi connectivity index (χ3v) is 7.35. The zero-order chi connectivity index (χ0) is 18.3. The molecule has 0 amide bonds.